The van der Waals surface area contributed by atoms with E-state index in [-0.39, 0.29) is 5.56 Å². The molecule has 0 saturated carbocycles. The van der Waals surface area contributed by atoms with Gasteiger partial charge in [0.1, 0.15) is 5.82 Å². The second-order valence-electron chi connectivity index (χ2n) is 3.55. The maximum Gasteiger partial charge on any atom is 0.105 e. The van der Waals surface area contributed by atoms with E-state index in [1.54, 1.807) is 24.4 Å². The number of benzene rings is 1. The Balaban J connectivity index is 2.35. The van der Waals surface area contributed by atoms with Crippen molar-refractivity contribution >= 4 is 5.97 Å². The highest BCUT2D eigenvalue weighted by atomic mass is 16.4. The summed E-state index contributed by atoms with van der Waals surface area (Å²) in [5, 5.41) is 10.9. The largest absolute Gasteiger partial charge is 0.545 e. The number of hydrogen-bond donors (Lipinski definition) is 0. The van der Waals surface area contributed by atoms with E-state index in [9.17, 15) is 9.90 Å². The van der Waals surface area contributed by atoms with Crippen LogP contribution in [0.25, 0.3) is 0 Å². The second kappa shape index (κ2) is 4.18. The molecule has 0 unspecified atom stereocenters. The van der Waals surface area contributed by atoms with Crippen molar-refractivity contribution in [1.82, 2.24) is 9.55 Å². The fraction of sp³-hybridized carbons (Fsp3) is 0.167. The van der Waals surface area contributed by atoms with Gasteiger partial charge >= 0.3 is 0 Å². The Morgan fingerprint density at radius 1 is 1.44 bits per heavy atom. The zero-order valence-corrected chi connectivity index (χ0v) is 8.88. The van der Waals surface area contributed by atoms with Crippen molar-refractivity contribution in [2.45, 2.75) is 13.5 Å². The van der Waals surface area contributed by atoms with Gasteiger partial charge in [-0.3, -0.25) is 0 Å². The fourth-order valence-corrected chi connectivity index (χ4v) is 1.61. The number of nitrogens with zero attached hydrogens (tertiary/aromatic N) is 2. The second-order valence-corrected chi connectivity index (χ2v) is 3.55. The summed E-state index contributed by atoms with van der Waals surface area (Å²) in [5.74, 6) is -0.290. The van der Waals surface area contributed by atoms with E-state index in [4.69, 9.17) is 0 Å². The molecule has 2 aromatic rings. The highest BCUT2D eigenvalue weighted by Crippen LogP contribution is 2.10. The van der Waals surface area contributed by atoms with Crippen molar-refractivity contribution in [1.29, 1.82) is 0 Å². The minimum absolute atomic E-state index is 0.232. The third-order valence-electron chi connectivity index (χ3n) is 2.50. The van der Waals surface area contributed by atoms with E-state index in [0.29, 0.717) is 6.54 Å². The molecule has 0 aliphatic rings. The van der Waals surface area contributed by atoms with Gasteiger partial charge in [-0.15, -0.1) is 0 Å². The predicted molar refractivity (Wildman–Crippen MR) is 56.8 cm³/mol. The minimum atomic E-state index is -1.15. The van der Waals surface area contributed by atoms with Crippen LogP contribution in [0.15, 0.2) is 36.7 Å². The Kier molecular flexibility index (Phi) is 2.72. The number of hydrogen-bond acceptors (Lipinski definition) is 3. The molecule has 1 aromatic heterocycles. The monoisotopic (exact) mass is 215 g/mol. The molecule has 2 rings (SSSR count). The van der Waals surface area contributed by atoms with Crippen molar-refractivity contribution in [3.05, 3.63) is 53.6 Å². The van der Waals surface area contributed by atoms with Crippen LogP contribution >= 0.6 is 0 Å². The molecule has 4 heteroatoms. The fourth-order valence-electron chi connectivity index (χ4n) is 1.61. The lowest BCUT2D eigenvalue weighted by Gasteiger charge is -2.11. The van der Waals surface area contributed by atoms with Crippen LogP contribution < -0.4 is 5.11 Å². The lowest BCUT2D eigenvalue weighted by molar-refractivity contribution is -0.255. The van der Waals surface area contributed by atoms with Gasteiger partial charge in [0.25, 0.3) is 0 Å². The Morgan fingerprint density at radius 3 is 2.81 bits per heavy atom. The minimum Gasteiger partial charge on any atom is -0.545 e. The van der Waals surface area contributed by atoms with Crippen molar-refractivity contribution in [3.63, 3.8) is 0 Å². The van der Waals surface area contributed by atoms with E-state index in [1.807, 2.05) is 23.8 Å². The maximum absolute atomic E-state index is 10.9. The van der Waals surface area contributed by atoms with Crippen molar-refractivity contribution in [3.8, 4) is 0 Å². The van der Waals surface area contributed by atoms with E-state index < -0.39 is 5.97 Å². The third-order valence-corrected chi connectivity index (χ3v) is 2.50. The van der Waals surface area contributed by atoms with Crippen LogP contribution in [0.4, 0.5) is 0 Å². The van der Waals surface area contributed by atoms with Crippen LogP contribution in [0.1, 0.15) is 21.7 Å². The van der Waals surface area contributed by atoms with Crippen molar-refractivity contribution < 1.29 is 9.90 Å². The van der Waals surface area contributed by atoms with Crippen molar-refractivity contribution in [2.24, 2.45) is 0 Å². The average Bonchev–Trinajstić information content (AvgIpc) is 2.65. The molecule has 16 heavy (non-hydrogen) atoms. The molecule has 0 fully saturated rings. The normalized spacial score (nSPS) is 10.3. The summed E-state index contributed by atoms with van der Waals surface area (Å²) in [4.78, 5) is 15.0. The average molecular weight is 215 g/mol. The highest BCUT2D eigenvalue weighted by Gasteiger charge is 2.04. The zero-order valence-electron chi connectivity index (χ0n) is 8.88. The first-order valence-electron chi connectivity index (χ1n) is 4.95. The lowest BCUT2D eigenvalue weighted by atomic mass is 10.1. The van der Waals surface area contributed by atoms with E-state index in [0.717, 1.165) is 11.4 Å². The molecule has 0 aliphatic heterocycles. The molecule has 0 N–H and O–H groups in total. The molecule has 1 aromatic carbocycles. The van der Waals surface area contributed by atoms with Gasteiger partial charge in [-0.2, -0.15) is 0 Å². The van der Waals surface area contributed by atoms with Crippen molar-refractivity contribution in [2.75, 3.05) is 0 Å². The highest BCUT2D eigenvalue weighted by molar-refractivity contribution is 5.87. The Hall–Kier alpha value is -2.10. The number of aromatic nitrogens is 2. The van der Waals surface area contributed by atoms with Gasteiger partial charge < -0.3 is 14.5 Å². The molecular weight excluding hydrogens is 204 g/mol. The number of aromatic carboxylic acids is 1. The van der Waals surface area contributed by atoms with E-state index in [1.165, 1.54) is 0 Å². The van der Waals surface area contributed by atoms with Gasteiger partial charge in [0.05, 0.1) is 5.97 Å². The van der Waals surface area contributed by atoms with Gasteiger partial charge in [0.2, 0.25) is 0 Å². The molecule has 0 amide bonds. The first-order valence-corrected chi connectivity index (χ1v) is 4.95. The molecule has 0 atom stereocenters. The topological polar surface area (TPSA) is 58.0 Å². The number of carbonyl (C=O) groups is 1. The Morgan fingerprint density at radius 2 is 2.19 bits per heavy atom. The van der Waals surface area contributed by atoms with Gasteiger partial charge in [0.15, 0.2) is 0 Å². The number of carboxylic acid groups (broad SMARTS) is 1. The molecular formula is C12H11N2O2-. The summed E-state index contributed by atoms with van der Waals surface area (Å²) in [5.41, 5.74) is 0.958. The first kappa shape index (κ1) is 10.4. The molecule has 0 aliphatic carbocycles. The number of aryl methyl sites for hydroxylation is 1. The smallest absolute Gasteiger partial charge is 0.105 e. The molecule has 0 spiro atoms. The van der Waals surface area contributed by atoms with Crippen LogP contribution in [0.5, 0.6) is 0 Å². The van der Waals surface area contributed by atoms with E-state index in [2.05, 4.69) is 4.98 Å². The first-order chi connectivity index (χ1) is 7.68. The van der Waals surface area contributed by atoms with Crippen LogP contribution in [0.2, 0.25) is 0 Å². The van der Waals surface area contributed by atoms with Gasteiger partial charge in [-0.1, -0.05) is 24.3 Å². The molecule has 0 saturated heterocycles. The summed E-state index contributed by atoms with van der Waals surface area (Å²) >= 11 is 0. The number of rotatable bonds is 3. The third kappa shape index (κ3) is 1.95. The number of carbonyl (C=O) groups excluding carboxylic acids is 1. The summed E-state index contributed by atoms with van der Waals surface area (Å²) in [6.45, 7) is 2.37. The molecule has 82 valence electrons. The molecule has 4 nitrogen and oxygen atoms in total. The molecule has 0 radical (unpaired) electrons. The SMILES string of the molecule is Cc1nccn1Cc1ccccc1C(=O)[O-]. The van der Waals surface area contributed by atoms with E-state index >= 15 is 0 Å². The summed E-state index contributed by atoms with van der Waals surface area (Å²) < 4.78 is 1.89. The van der Waals surface area contributed by atoms with Crippen LogP contribution in [0, 0.1) is 6.92 Å². The van der Waals surface area contributed by atoms with Gasteiger partial charge in [-0.05, 0) is 12.5 Å². The predicted octanol–water partition coefficient (Wildman–Crippen LogP) is 0.603. The maximum atomic E-state index is 10.9. The van der Waals surface area contributed by atoms with Crippen LogP contribution in [0.3, 0.4) is 0 Å². The van der Waals surface area contributed by atoms with Crippen LogP contribution in [-0.2, 0) is 6.54 Å². The zero-order chi connectivity index (χ0) is 11.5. The van der Waals surface area contributed by atoms with Crippen LogP contribution in [-0.4, -0.2) is 15.5 Å². The molecule has 0 bridgehead atoms. The number of carboxylic acids is 1. The Labute approximate surface area is 93.2 Å². The summed E-state index contributed by atoms with van der Waals surface area (Å²) in [7, 11) is 0. The quantitative estimate of drug-likeness (QED) is 0.753. The Bertz CT molecular complexity index is 517. The molecule has 1 heterocycles. The summed E-state index contributed by atoms with van der Waals surface area (Å²) in [6, 6.07) is 6.84. The lowest BCUT2D eigenvalue weighted by Crippen LogP contribution is -2.24. The van der Waals surface area contributed by atoms with Gasteiger partial charge in [-0.25, -0.2) is 4.98 Å². The summed E-state index contributed by atoms with van der Waals surface area (Å²) in [6.07, 6.45) is 3.51. The number of imidazole rings is 1. The van der Waals surface area contributed by atoms with Gasteiger partial charge in [0, 0.05) is 24.5 Å². The standard InChI is InChI=1S/C12H12N2O2/c1-9-13-6-7-14(9)8-10-4-2-3-5-11(10)12(15)16/h2-7H,8H2,1H3,(H,15,16)/p-1.